The molecular formula is C14H16FN3O. The third-order valence-electron chi connectivity index (χ3n) is 2.41. The van der Waals surface area contributed by atoms with Gasteiger partial charge >= 0.3 is 0 Å². The second-order valence-electron chi connectivity index (χ2n) is 4.36. The first-order chi connectivity index (χ1) is 9.15. The van der Waals surface area contributed by atoms with Crippen molar-refractivity contribution in [2.75, 3.05) is 5.32 Å². The van der Waals surface area contributed by atoms with Gasteiger partial charge in [0.25, 0.3) is 0 Å². The van der Waals surface area contributed by atoms with E-state index in [0.717, 1.165) is 5.56 Å². The van der Waals surface area contributed by atoms with Crippen molar-refractivity contribution in [3.63, 3.8) is 0 Å². The highest BCUT2D eigenvalue weighted by Crippen LogP contribution is 2.17. The minimum Gasteiger partial charge on any atom is -0.475 e. The third kappa shape index (κ3) is 3.91. The normalized spacial score (nSPS) is 10.5. The van der Waals surface area contributed by atoms with E-state index in [1.807, 2.05) is 26.0 Å². The molecule has 0 aliphatic carbocycles. The summed E-state index contributed by atoms with van der Waals surface area (Å²) in [6.45, 7) is 4.41. The number of nitrogens with one attached hydrogen (secondary N) is 1. The minimum atomic E-state index is -0.505. The van der Waals surface area contributed by atoms with Crippen LogP contribution in [0.15, 0.2) is 36.7 Å². The number of nitrogens with zero attached hydrogens (tertiary/aromatic N) is 2. The number of aromatic nitrogens is 2. The van der Waals surface area contributed by atoms with Crippen molar-refractivity contribution in [2.45, 2.75) is 26.5 Å². The lowest BCUT2D eigenvalue weighted by molar-refractivity contribution is 0.230. The predicted molar refractivity (Wildman–Crippen MR) is 71.5 cm³/mol. The molecule has 0 aliphatic heterocycles. The predicted octanol–water partition coefficient (Wildman–Crippen LogP) is 3.02. The molecule has 0 radical (unpaired) electrons. The zero-order chi connectivity index (χ0) is 13.7. The Balaban J connectivity index is 2.07. The van der Waals surface area contributed by atoms with Gasteiger partial charge in [0.1, 0.15) is 0 Å². The van der Waals surface area contributed by atoms with Crippen molar-refractivity contribution >= 4 is 5.69 Å². The Morgan fingerprint density at radius 2 is 2.11 bits per heavy atom. The molecule has 0 atom stereocenters. The molecule has 2 aromatic rings. The van der Waals surface area contributed by atoms with E-state index >= 15 is 0 Å². The van der Waals surface area contributed by atoms with Gasteiger partial charge in [0.2, 0.25) is 11.8 Å². The fraction of sp³-hybridized carbons (Fsp3) is 0.286. The molecule has 0 aliphatic rings. The van der Waals surface area contributed by atoms with Gasteiger partial charge in [0, 0.05) is 36.3 Å². The van der Waals surface area contributed by atoms with Crippen molar-refractivity contribution in [3.8, 4) is 5.88 Å². The molecule has 1 N–H and O–H groups in total. The molecule has 0 bridgehead atoms. The van der Waals surface area contributed by atoms with Crippen LogP contribution in [0.2, 0.25) is 0 Å². The Labute approximate surface area is 111 Å². The zero-order valence-corrected chi connectivity index (χ0v) is 10.9. The Hall–Kier alpha value is -2.17. The van der Waals surface area contributed by atoms with Gasteiger partial charge in [-0.2, -0.15) is 4.39 Å². The van der Waals surface area contributed by atoms with Crippen LogP contribution in [0.5, 0.6) is 5.88 Å². The lowest BCUT2D eigenvalue weighted by atomic mass is 10.2. The number of halogens is 1. The lowest BCUT2D eigenvalue weighted by Gasteiger charge is -2.13. The summed E-state index contributed by atoms with van der Waals surface area (Å²) in [6.07, 6.45) is 3.17. The summed E-state index contributed by atoms with van der Waals surface area (Å²) < 4.78 is 18.6. The average Bonchev–Trinajstić information content (AvgIpc) is 2.37. The number of hydrogen-bond acceptors (Lipinski definition) is 4. The zero-order valence-electron chi connectivity index (χ0n) is 10.9. The molecule has 0 saturated carbocycles. The van der Waals surface area contributed by atoms with Crippen LogP contribution in [0.3, 0.4) is 0 Å². The van der Waals surface area contributed by atoms with Crippen LogP contribution < -0.4 is 10.1 Å². The van der Waals surface area contributed by atoms with Crippen LogP contribution in [0, 0.1) is 5.95 Å². The largest absolute Gasteiger partial charge is 0.475 e. The quantitative estimate of drug-likeness (QED) is 0.840. The van der Waals surface area contributed by atoms with Gasteiger partial charge in [-0.05, 0) is 26.0 Å². The standard InChI is InChI=1S/C14H16FN3O/c1-10(2)19-14-11(4-3-6-17-14)9-18-12-5-7-16-13(15)8-12/h3-8,10H,9H2,1-2H3,(H,16,18). The molecule has 100 valence electrons. The number of pyridine rings is 2. The van der Waals surface area contributed by atoms with Crippen LogP contribution in [0.1, 0.15) is 19.4 Å². The molecule has 5 heteroatoms. The van der Waals surface area contributed by atoms with Gasteiger partial charge in [-0.1, -0.05) is 6.07 Å². The Bertz CT molecular complexity index is 546. The van der Waals surface area contributed by atoms with Gasteiger partial charge in [-0.3, -0.25) is 0 Å². The monoisotopic (exact) mass is 261 g/mol. The summed E-state index contributed by atoms with van der Waals surface area (Å²) in [6, 6.07) is 6.83. The van der Waals surface area contributed by atoms with Crippen LogP contribution in [0.4, 0.5) is 10.1 Å². The van der Waals surface area contributed by atoms with Crippen LogP contribution in [-0.4, -0.2) is 16.1 Å². The van der Waals surface area contributed by atoms with Crippen LogP contribution in [-0.2, 0) is 6.54 Å². The molecule has 0 spiro atoms. The summed E-state index contributed by atoms with van der Waals surface area (Å²) in [7, 11) is 0. The maximum Gasteiger partial charge on any atom is 0.218 e. The fourth-order valence-corrected chi connectivity index (χ4v) is 1.60. The fourth-order valence-electron chi connectivity index (χ4n) is 1.60. The van der Waals surface area contributed by atoms with Crippen molar-refractivity contribution in [2.24, 2.45) is 0 Å². The maximum absolute atomic E-state index is 13.0. The maximum atomic E-state index is 13.0. The van der Waals surface area contributed by atoms with E-state index in [1.54, 1.807) is 12.3 Å². The number of ether oxygens (including phenoxy) is 1. The van der Waals surface area contributed by atoms with Crippen molar-refractivity contribution in [1.82, 2.24) is 9.97 Å². The minimum absolute atomic E-state index is 0.0621. The number of rotatable bonds is 5. The Morgan fingerprint density at radius 1 is 1.26 bits per heavy atom. The van der Waals surface area contributed by atoms with Gasteiger partial charge in [-0.15, -0.1) is 0 Å². The van der Waals surface area contributed by atoms with E-state index in [0.29, 0.717) is 18.1 Å². The van der Waals surface area contributed by atoms with Crippen molar-refractivity contribution < 1.29 is 9.13 Å². The number of hydrogen-bond donors (Lipinski definition) is 1. The highest BCUT2D eigenvalue weighted by atomic mass is 19.1. The molecular weight excluding hydrogens is 245 g/mol. The SMILES string of the molecule is CC(C)Oc1ncccc1CNc1ccnc(F)c1. The van der Waals surface area contributed by atoms with E-state index in [4.69, 9.17) is 4.74 Å². The van der Waals surface area contributed by atoms with E-state index in [-0.39, 0.29) is 6.10 Å². The Kier molecular flexibility index (Phi) is 4.28. The molecule has 4 nitrogen and oxygen atoms in total. The lowest BCUT2D eigenvalue weighted by Crippen LogP contribution is -2.10. The molecule has 2 rings (SSSR count). The molecule has 2 heterocycles. The van der Waals surface area contributed by atoms with Gasteiger partial charge in [-0.25, -0.2) is 9.97 Å². The van der Waals surface area contributed by atoms with Crippen LogP contribution >= 0.6 is 0 Å². The highest BCUT2D eigenvalue weighted by Gasteiger charge is 2.06. The Morgan fingerprint density at radius 3 is 2.84 bits per heavy atom. The number of anilines is 1. The molecule has 0 aromatic carbocycles. The molecule has 0 amide bonds. The summed E-state index contributed by atoms with van der Waals surface area (Å²) in [5.74, 6) is 0.0920. The smallest absolute Gasteiger partial charge is 0.218 e. The van der Waals surface area contributed by atoms with E-state index in [1.165, 1.54) is 12.3 Å². The molecule has 2 aromatic heterocycles. The van der Waals surface area contributed by atoms with Crippen molar-refractivity contribution in [1.29, 1.82) is 0 Å². The summed E-state index contributed by atoms with van der Waals surface area (Å²) in [5, 5.41) is 3.12. The van der Waals surface area contributed by atoms with Crippen LogP contribution in [0.25, 0.3) is 0 Å². The first-order valence-corrected chi connectivity index (χ1v) is 6.11. The highest BCUT2D eigenvalue weighted by molar-refractivity contribution is 5.43. The second kappa shape index (κ2) is 6.13. The first-order valence-electron chi connectivity index (χ1n) is 6.11. The van der Waals surface area contributed by atoms with Gasteiger partial charge in [0.05, 0.1) is 6.10 Å². The molecule has 0 unspecified atom stereocenters. The molecule has 0 saturated heterocycles. The third-order valence-corrected chi connectivity index (χ3v) is 2.41. The molecule has 0 fully saturated rings. The average molecular weight is 261 g/mol. The summed E-state index contributed by atoms with van der Waals surface area (Å²) >= 11 is 0. The van der Waals surface area contributed by atoms with Gasteiger partial charge in [0.15, 0.2) is 0 Å². The van der Waals surface area contributed by atoms with E-state index < -0.39 is 5.95 Å². The summed E-state index contributed by atoms with van der Waals surface area (Å²) in [5.41, 5.74) is 1.60. The summed E-state index contributed by atoms with van der Waals surface area (Å²) in [4.78, 5) is 7.71. The molecule has 19 heavy (non-hydrogen) atoms. The van der Waals surface area contributed by atoms with Gasteiger partial charge < -0.3 is 10.1 Å². The second-order valence-corrected chi connectivity index (χ2v) is 4.36. The van der Waals surface area contributed by atoms with Crippen molar-refractivity contribution in [3.05, 3.63) is 48.2 Å². The van der Waals surface area contributed by atoms with E-state index in [2.05, 4.69) is 15.3 Å². The topological polar surface area (TPSA) is 47.0 Å². The first kappa shape index (κ1) is 13.3. The van der Waals surface area contributed by atoms with E-state index in [9.17, 15) is 4.39 Å².